The number of hydrogen-bond acceptors (Lipinski definition) is 3. The van der Waals surface area contributed by atoms with Gasteiger partial charge in [0, 0.05) is 17.8 Å². The molecule has 0 fully saturated rings. The van der Waals surface area contributed by atoms with E-state index in [-0.39, 0.29) is 0 Å². The number of rotatable bonds is 2. The number of nitrogens with one attached hydrogen (secondary N) is 1. The smallest absolute Gasteiger partial charge is 0.125 e. The van der Waals surface area contributed by atoms with Crippen LogP contribution >= 0.6 is 0 Å². The van der Waals surface area contributed by atoms with Crippen LogP contribution in [0.15, 0.2) is 12.3 Å². The summed E-state index contributed by atoms with van der Waals surface area (Å²) in [4.78, 5) is 4.44. The van der Waals surface area contributed by atoms with Crippen molar-refractivity contribution < 1.29 is 4.74 Å². The van der Waals surface area contributed by atoms with Gasteiger partial charge in [-0.2, -0.15) is 0 Å². The normalized spacial score (nSPS) is 20.3. The highest BCUT2D eigenvalue weighted by Crippen LogP contribution is 2.33. The van der Waals surface area contributed by atoms with Crippen molar-refractivity contribution in [2.45, 2.75) is 25.3 Å². The first-order chi connectivity index (χ1) is 6.86. The second kappa shape index (κ2) is 3.96. The van der Waals surface area contributed by atoms with Crippen LogP contribution < -0.4 is 10.1 Å². The predicted molar refractivity (Wildman–Crippen MR) is 55.5 cm³/mol. The fourth-order valence-electron chi connectivity index (χ4n) is 2.13. The average molecular weight is 192 g/mol. The van der Waals surface area contributed by atoms with E-state index in [0.29, 0.717) is 6.04 Å². The van der Waals surface area contributed by atoms with Crippen LogP contribution in [-0.2, 0) is 6.42 Å². The van der Waals surface area contributed by atoms with Gasteiger partial charge >= 0.3 is 0 Å². The molecule has 2 rings (SSSR count). The molecule has 1 heterocycles. The Morgan fingerprint density at radius 2 is 2.43 bits per heavy atom. The summed E-state index contributed by atoms with van der Waals surface area (Å²) in [6.45, 7) is 0. The minimum Gasteiger partial charge on any atom is -0.496 e. The van der Waals surface area contributed by atoms with Gasteiger partial charge < -0.3 is 10.1 Å². The monoisotopic (exact) mass is 192 g/mol. The molecular formula is C11H16N2O. The van der Waals surface area contributed by atoms with Gasteiger partial charge in [0.25, 0.3) is 0 Å². The maximum atomic E-state index is 5.34. The van der Waals surface area contributed by atoms with Crippen LogP contribution in [0.3, 0.4) is 0 Å². The Morgan fingerprint density at radius 3 is 3.14 bits per heavy atom. The second-order valence-corrected chi connectivity index (χ2v) is 3.61. The van der Waals surface area contributed by atoms with Gasteiger partial charge in [-0.05, 0) is 32.4 Å². The van der Waals surface area contributed by atoms with Crippen LogP contribution in [0.25, 0.3) is 0 Å². The number of ether oxygens (including phenoxy) is 1. The third-order valence-electron chi connectivity index (χ3n) is 2.86. The van der Waals surface area contributed by atoms with E-state index >= 15 is 0 Å². The molecule has 1 aliphatic carbocycles. The van der Waals surface area contributed by atoms with E-state index in [1.54, 1.807) is 7.11 Å². The molecule has 0 aromatic carbocycles. The molecule has 3 nitrogen and oxygen atoms in total. The van der Waals surface area contributed by atoms with Crippen molar-refractivity contribution >= 4 is 0 Å². The molecule has 14 heavy (non-hydrogen) atoms. The molecule has 0 aliphatic heterocycles. The van der Waals surface area contributed by atoms with Gasteiger partial charge in [0.05, 0.1) is 12.8 Å². The van der Waals surface area contributed by atoms with E-state index in [1.165, 1.54) is 18.4 Å². The van der Waals surface area contributed by atoms with Crippen molar-refractivity contribution in [3.8, 4) is 5.75 Å². The largest absolute Gasteiger partial charge is 0.496 e. The third kappa shape index (κ3) is 1.48. The van der Waals surface area contributed by atoms with Crippen LogP contribution in [0.5, 0.6) is 5.75 Å². The molecule has 0 spiro atoms. The number of nitrogens with zero attached hydrogens (tertiary/aromatic N) is 1. The summed E-state index contributed by atoms with van der Waals surface area (Å²) in [6.07, 6.45) is 5.29. The Kier molecular flexibility index (Phi) is 2.68. The van der Waals surface area contributed by atoms with Gasteiger partial charge in [0.2, 0.25) is 0 Å². The molecule has 1 N–H and O–H groups in total. The minimum atomic E-state index is 0.397. The van der Waals surface area contributed by atoms with Crippen molar-refractivity contribution in [2.75, 3.05) is 14.2 Å². The van der Waals surface area contributed by atoms with E-state index in [9.17, 15) is 0 Å². The van der Waals surface area contributed by atoms with Crippen molar-refractivity contribution in [1.82, 2.24) is 10.3 Å². The molecule has 1 aromatic rings. The Morgan fingerprint density at radius 1 is 1.57 bits per heavy atom. The lowest BCUT2D eigenvalue weighted by Gasteiger charge is -2.25. The highest BCUT2D eigenvalue weighted by atomic mass is 16.5. The maximum Gasteiger partial charge on any atom is 0.125 e. The SMILES string of the molecule is CNC1CCCc2c(OC)ccnc21. The highest BCUT2D eigenvalue weighted by Gasteiger charge is 2.22. The van der Waals surface area contributed by atoms with Gasteiger partial charge in [0.1, 0.15) is 5.75 Å². The van der Waals surface area contributed by atoms with Crippen LogP contribution in [0.1, 0.15) is 30.1 Å². The molecule has 0 saturated heterocycles. The molecule has 1 unspecified atom stereocenters. The maximum absolute atomic E-state index is 5.34. The van der Waals surface area contributed by atoms with Crippen molar-refractivity contribution in [2.24, 2.45) is 0 Å². The van der Waals surface area contributed by atoms with Crippen LogP contribution in [0.4, 0.5) is 0 Å². The number of pyridine rings is 1. The van der Waals surface area contributed by atoms with Gasteiger partial charge in [-0.15, -0.1) is 0 Å². The lowest BCUT2D eigenvalue weighted by Crippen LogP contribution is -2.23. The van der Waals surface area contributed by atoms with Crippen LogP contribution in [0.2, 0.25) is 0 Å². The summed E-state index contributed by atoms with van der Waals surface area (Å²) in [6, 6.07) is 2.34. The molecule has 1 atom stereocenters. The first kappa shape index (κ1) is 9.46. The van der Waals surface area contributed by atoms with Crippen LogP contribution in [0, 0.1) is 0 Å². The molecule has 3 heteroatoms. The van der Waals surface area contributed by atoms with Crippen LogP contribution in [-0.4, -0.2) is 19.1 Å². The summed E-state index contributed by atoms with van der Waals surface area (Å²) in [5.74, 6) is 0.981. The Balaban J connectivity index is 2.43. The molecule has 0 saturated carbocycles. The van der Waals surface area contributed by atoms with Gasteiger partial charge in [-0.25, -0.2) is 0 Å². The molecule has 0 amide bonds. The Hall–Kier alpha value is -1.09. The van der Waals surface area contributed by atoms with Crippen molar-refractivity contribution in [3.63, 3.8) is 0 Å². The fourth-order valence-corrected chi connectivity index (χ4v) is 2.13. The summed E-state index contributed by atoms with van der Waals surface area (Å²) < 4.78 is 5.34. The van der Waals surface area contributed by atoms with Gasteiger partial charge in [-0.3, -0.25) is 4.98 Å². The zero-order chi connectivity index (χ0) is 9.97. The molecule has 0 bridgehead atoms. The molecular weight excluding hydrogens is 176 g/mol. The summed E-state index contributed by atoms with van der Waals surface area (Å²) >= 11 is 0. The summed E-state index contributed by atoms with van der Waals surface area (Å²) in [7, 11) is 3.71. The first-order valence-electron chi connectivity index (χ1n) is 5.06. The Labute approximate surface area is 84.5 Å². The molecule has 1 aromatic heterocycles. The van der Waals surface area contributed by atoms with E-state index in [1.807, 2.05) is 19.3 Å². The summed E-state index contributed by atoms with van der Waals surface area (Å²) in [5, 5.41) is 3.29. The van der Waals surface area contributed by atoms with Gasteiger partial charge in [0.15, 0.2) is 0 Å². The van der Waals surface area contributed by atoms with E-state index in [2.05, 4.69) is 10.3 Å². The highest BCUT2D eigenvalue weighted by molar-refractivity contribution is 5.38. The van der Waals surface area contributed by atoms with E-state index < -0.39 is 0 Å². The zero-order valence-electron chi connectivity index (χ0n) is 8.71. The van der Waals surface area contributed by atoms with E-state index in [4.69, 9.17) is 4.74 Å². The number of fused-ring (bicyclic) bond motifs is 1. The first-order valence-corrected chi connectivity index (χ1v) is 5.06. The Bertz CT molecular complexity index is 325. The lowest BCUT2D eigenvalue weighted by molar-refractivity contribution is 0.396. The third-order valence-corrected chi connectivity index (χ3v) is 2.86. The standard InChI is InChI=1S/C11H16N2O/c1-12-9-5-3-4-8-10(14-2)6-7-13-11(8)9/h6-7,9,12H,3-5H2,1-2H3. The summed E-state index contributed by atoms with van der Waals surface area (Å²) in [5.41, 5.74) is 2.44. The number of aromatic nitrogens is 1. The quantitative estimate of drug-likeness (QED) is 0.774. The van der Waals surface area contributed by atoms with Crippen molar-refractivity contribution in [1.29, 1.82) is 0 Å². The molecule has 1 aliphatic rings. The zero-order valence-corrected chi connectivity index (χ0v) is 8.71. The second-order valence-electron chi connectivity index (χ2n) is 3.61. The average Bonchev–Trinajstić information content (AvgIpc) is 2.27. The van der Waals surface area contributed by atoms with Crippen molar-refractivity contribution in [3.05, 3.63) is 23.5 Å². The predicted octanol–water partition coefficient (Wildman–Crippen LogP) is 1.69. The lowest BCUT2D eigenvalue weighted by atomic mass is 9.91. The number of hydrogen-bond donors (Lipinski definition) is 1. The molecule has 76 valence electrons. The van der Waals surface area contributed by atoms with E-state index in [0.717, 1.165) is 17.9 Å². The number of methoxy groups -OCH3 is 1. The van der Waals surface area contributed by atoms with Gasteiger partial charge in [-0.1, -0.05) is 0 Å². The molecule has 0 radical (unpaired) electrons. The fraction of sp³-hybridized carbons (Fsp3) is 0.545. The minimum absolute atomic E-state index is 0.397. The topological polar surface area (TPSA) is 34.1 Å².